The number of nitrogens with two attached hydrogens (primary N) is 1. The molecule has 0 bridgehead atoms. The summed E-state index contributed by atoms with van der Waals surface area (Å²) in [5.41, 5.74) is 9.89. The molecular formula is C52H64N9O19P2S2+. The monoisotopic (exact) mass is 1240 g/mol. The maximum Gasteiger partial charge on any atom is 0.481 e. The topological polar surface area (TPSA) is 408 Å². The van der Waals surface area contributed by atoms with Crippen molar-refractivity contribution in [3.8, 4) is 22.6 Å². The van der Waals surface area contributed by atoms with Gasteiger partial charge in [0.1, 0.15) is 48.7 Å². The number of imidazole rings is 1. The van der Waals surface area contributed by atoms with Crippen molar-refractivity contribution in [3.63, 3.8) is 0 Å². The standard InChI is InChI=1S/C52H63N9O19P2S2/c1-5-59(6-2)34-18-20-37-36(32(3)46(77-40(37)27-34)33-13-8-7-9-14-33)15-10-16-42-52(4,38-28-35(84(73,74)75)19-21-39(38)60(42)25-12-26-83(70,71)72)22-11-17-43(62)54-23-24-55-51(64)79-47-41(29-76-82(68,69)80-81(65,66)67)78-50(45(47)63)61-31-58-44-48(53)56-30-57-49(44)61/h7-10,13-16,18-21,27-28,30-31,41,45,47,50,63H,5-6,11-12,17,22-26,29H2,1-4H3,(H8-,53,54,55,56,57,62,64,65,66,67,68,69,70,71,72,73,74,75)/p+1/t41-,45-,47-,50-,52?/m1/s1. The Hall–Kier alpha value is -6.76. The highest BCUT2D eigenvalue weighted by atomic mass is 32.2. The molecule has 4 aliphatic rings. The average Bonchev–Trinajstić information content (AvgIpc) is 4.31. The molecular weight excluding hydrogens is 1180 g/mol. The van der Waals surface area contributed by atoms with Crippen LogP contribution in [0.2, 0.25) is 0 Å². The fourth-order valence-electron chi connectivity index (χ4n) is 10.4. The van der Waals surface area contributed by atoms with Gasteiger partial charge in [-0.05, 0) is 88.4 Å². The van der Waals surface area contributed by atoms with Gasteiger partial charge in [0, 0.05) is 65.6 Å². The van der Waals surface area contributed by atoms with Crippen LogP contribution in [0.15, 0.2) is 107 Å². The van der Waals surface area contributed by atoms with Gasteiger partial charge in [0.05, 0.1) is 29.6 Å². The van der Waals surface area contributed by atoms with Crippen LogP contribution in [0.4, 0.5) is 16.3 Å². The van der Waals surface area contributed by atoms with Crippen molar-refractivity contribution in [1.29, 1.82) is 0 Å². The number of alkyl carbamates (subject to hydrolysis) is 1. The molecule has 84 heavy (non-hydrogen) atoms. The van der Waals surface area contributed by atoms with Crippen molar-refractivity contribution in [1.82, 2.24) is 34.7 Å². The van der Waals surface area contributed by atoms with E-state index >= 15 is 0 Å². The molecule has 32 heteroatoms. The predicted octanol–water partition coefficient (Wildman–Crippen LogP) is 4.66. The fourth-order valence-corrected chi connectivity index (χ4v) is 13.0. The summed E-state index contributed by atoms with van der Waals surface area (Å²) in [6.07, 6.45) is 0.485. The molecule has 1 fully saturated rings. The molecule has 1 saturated heterocycles. The Balaban J connectivity index is 1.000. The van der Waals surface area contributed by atoms with Crippen molar-refractivity contribution in [2.75, 3.05) is 55.7 Å². The first-order chi connectivity index (χ1) is 39.6. The van der Waals surface area contributed by atoms with Crippen LogP contribution in [0.25, 0.3) is 39.9 Å². The number of aliphatic hydroxyl groups excluding tert-OH is 1. The molecule has 5 heterocycles. The summed E-state index contributed by atoms with van der Waals surface area (Å²) in [7, 11) is -20.1. The van der Waals surface area contributed by atoms with Gasteiger partial charge in [-0.3, -0.25) is 23.0 Å². The number of benzene rings is 3. The summed E-state index contributed by atoms with van der Waals surface area (Å²) in [5, 5.41) is 17.5. The zero-order chi connectivity index (χ0) is 60.9. The van der Waals surface area contributed by atoms with Crippen molar-refractivity contribution in [2.45, 2.75) is 88.2 Å². The van der Waals surface area contributed by atoms with E-state index in [0.29, 0.717) is 28.5 Å². The lowest BCUT2D eigenvalue weighted by atomic mass is 9.77. The van der Waals surface area contributed by atoms with Crippen molar-refractivity contribution in [2.24, 2.45) is 0 Å². The first-order valence-corrected chi connectivity index (χ1v) is 32.3. The zero-order valence-electron chi connectivity index (χ0n) is 45.8. The van der Waals surface area contributed by atoms with Crippen LogP contribution in [0.5, 0.6) is 0 Å². The lowest BCUT2D eigenvalue weighted by molar-refractivity contribution is -0.121. The van der Waals surface area contributed by atoms with Gasteiger partial charge in [0.25, 0.3) is 20.2 Å². The summed E-state index contributed by atoms with van der Waals surface area (Å²) >= 11 is 0. The molecule has 4 aromatic rings. The number of nitrogens with zero attached hydrogens (tertiary/aromatic N) is 6. The Bertz CT molecular complexity index is 3870. The number of phosphoric ester groups is 1. The van der Waals surface area contributed by atoms with Crippen LogP contribution >= 0.6 is 15.6 Å². The second kappa shape index (κ2) is 25.8. The molecule has 0 spiro atoms. The molecule has 8 rings (SSSR count). The van der Waals surface area contributed by atoms with Crippen LogP contribution in [-0.2, 0) is 57.9 Å². The number of phosphoric acid groups is 2. The molecule has 2 aromatic carbocycles. The lowest BCUT2D eigenvalue weighted by Crippen LogP contribution is -2.42. The minimum Gasteiger partial charge on any atom is -0.456 e. The third kappa shape index (κ3) is 14.8. The van der Waals surface area contributed by atoms with Gasteiger partial charge in [0.2, 0.25) is 11.3 Å². The number of ether oxygens (including phenoxy) is 2. The third-order valence-corrected chi connectivity index (χ3v) is 18.1. The number of anilines is 2. The zero-order valence-corrected chi connectivity index (χ0v) is 49.2. The van der Waals surface area contributed by atoms with Crippen molar-refractivity contribution < 1.29 is 87.2 Å². The van der Waals surface area contributed by atoms with E-state index in [1.165, 1.54) is 29.1 Å². The smallest absolute Gasteiger partial charge is 0.456 e. The van der Waals surface area contributed by atoms with Gasteiger partial charge in [-0.2, -0.15) is 21.1 Å². The molecule has 0 radical (unpaired) electrons. The van der Waals surface area contributed by atoms with Gasteiger partial charge < -0.3 is 54.9 Å². The molecule has 10 N–H and O–H groups in total. The largest absolute Gasteiger partial charge is 0.481 e. The highest BCUT2D eigenvalue weighted by molar-refractivity contribution is 7.86. The maximum absolute atomic E-state index is 13.5. The normalized spacial score (nSPS) is 20.4. The van der Waals surface area contributed by atoms with Crippen LogP contribution < -0.4 is 31.2 Å². The maximum atomic E-state index is 13.5. The third-order valence-electron chi connectivity index (χ3n) is 14.3. The van der Waals surface area contributed by atoms with E-state index in [1.54, 1.807) is 0 Å². The van der Waals surface area contributed by atoms with Crippen molar-refractivity contribution in [3.05, 3.63) is 119 Å². The number of allylic oxidation sites excluding steroid dienone is 3. The first kappa shape index (κ1) is 63.3. The number of hydrogen-bond donors (Lipinski definition) is 9. The second-order valence-corrected chi connectivity index (χ2v) is 25.7. The highest BCUT2D eigenvalue weighted by Gasteiger charge is 2.49. The first-order valence-electron chi connectivity index (χ1n) is 26.3. The van der Waals surface area contributed by atoms with Crippen molar-refractivity contribution >= 4 is 76.6 Å². The summed E-state index contributed by atoms with van der Waals surface area (Å²) < 4.78 is 123. The number of nitrogens with one attached hydrogen (secondary N) is 2. The van der Waals surface area contributed by atoms with E-state index in [9.17, 15) is 54.7 Å². The van der Waals surface area contributed by atoms with Crippen LogP contribution in [0, 0.1) is 6.92 Å². The van der Waals surface area contributed by atoms with E-state index in [2.05, 4.69) is 48.3 Å². The molecule has 6 atom stereocenters. The summed E-state index contributed by atoms with van der Waals surface area (Å²) in [6, 6.07) is 19.8. The number of aromatic nitrogens is 4. The number of fused-ring (bicyclic) bond motifs is 3. The Morgan fingerprint density at radius 2 is 1.68 bits per heavy atom. The summed E-state index contributed by atoms with van der Waals surface area (Å²) in [6.45, 7) is 8.13. The van der Waals surface area contributed by atoms with E-state index in [1.807, 2.05) is 85.5 Å². The summed E-state index contributed by atoms with van der Waals surface area (Å²) in [4.78, 5) is 68.2. The second-order valence-electron chi connectivity index (χ2n) is 19.9. The van der Waals surface area contributed by atoms with Gasteiger partial charge in [-0.25, -0.2) is 33.5 Å². The Labute approximate surface area is 482 Å². The SMILES string of the molecule is CC[N+](CC)=c1ccc2c(/C=C/C=C3\N(CCCS(=O)(=O)O)c4ccc(S(=O)(=O)O)cc4C3(C)CCCC(=O)NCCNC(=O)O[C@H]3[C@@H](O)[C@H](n4cnc5c(N)ncnc54)O[C@@H]3COP(=O)(O)OP(=O)(O)O)c(C)c(-c3ccccc3)oc-2c1. The molecule has 2 aromatic heterocycles. The van der Waals surface area contributed by atoms with Crippen LogP contribution in [-0.4, -0.2) is 141 Å². The molecule has 1 aliphatic carbocycles. The quantitative estimate of drug-likeness (QED) is 0.0172. The van der Waals surface area contributed by atoms with Crippen LogP contribution in [0.1, 0.15) is 69.4 Å². The Kier molecular flexibility index (Phi) is 19.5. The fraction of sp³-hybridized carbons (Fsp3) is 0.385. The lowest BCUT2D eigenvalue weighted by Gasteiger charge is -2.30. The van der Waals surface area contributed by atoms with Gasteiger partial charge in [0.15, 0.2) is 23.8 Å². The number of aliphatic hydroxyl groups is 1. The van der Waals surface area contributed by atoms with Gasteiger partial charge >= 0.3 is 21.7 Å². The summed E-state index contributed by atoms with van der Waals surface area (Å²) in [5.74, 6) is 0.220. The Morgan fingerprint density at radius 1 is 0.952 bits per heavy atom. The van der Waals surface area contributed by atoms with Crippen LogP contribution in [0.3, 0.4) is 0 Å². The number of hydrogen-bond acceptors (Lipinski definition) is 19. The molecule has 28 nitrogen and oxygen atoms in total. The number of rotatable bonds is 24. The van der Waals surface area contributed by atoms with Gasteiger partial charge in [-0.15, -0.1) is 0 Å². The number of carbonyl (C=O) groups excluding carboxylic acids is 2. The number of nitrogen functional groups attached to an aromatic ring is 1. The van der Waals surface area contributed by atoms with E-state index < -0.39 is 95.1 Å². The molecule has 3 aliphatic heterocycles. The van der Waals surface area contributed by atoms with Gasteiger partial charge in [-0.1, -0.05) is 42.5 Å². The average molecular weight is 1250 g/mol. The van der Waals surface area contributed by atoms with E-state index in [0.717, 1.165) is 47.0 Å². The minimum absolute atomic E-state index is 0.0223. The predicted molar refractivity (Wildman–Crippen MR) is 305 cm³/mol. The number of carbonyl (C=O) groups is 2. The van der Waals surface area contributed by atoms with E-state index in [4.69, 9.17) is 33.9 Å². The molecule has 452 valence electrons. The molecule has 2 amide bonds. The molecule has 2 unspecified atom stereocenters. The number of amides is 2. The highest BCUT2D eigenvalue weighted by Crippen LogP contribution is 2.58. The minimum atomic E-state index is -5.53. The molecule has 0 saturated carbocycles. The van der Waals surface area contributed by atoms with E-state index in [-0.39, 0.29) is 62.3 Å². The Morgan fingerprint density at radius 3 is 2.37 bits per heavy atom.